The lowest BCUT2D eigenvalue weighted by Gasteiger charge is -2.18. The fraction of sp³-hybridized carbons (Fsp3) is 0.732. The summed E-state index contributed by atoms with van der Waals surface area (Å²) in [5.41, 5.74) is 0. The molecule has 0 saturated carbocycles. The number of esters is 3. The maximum absolute atomic E-state index is 12.8. The Bertz CT molecular complexity index is 1180. The maximum atomic E-state index is 12.8. The lowest BCUT2D eigenvalue weighted by molar-refractivity contribution is -0.166. The highest BCUT2D eigenvalue weighted by Crippen LogP contribution is 2.14. The molecule has 0 aliphatic rings. The van der Waals surface area contributed by atoms with Gasteiger partial charge in [-0.15, -0.1) is 0 Å². The number of carbonyl (C=O) groups excluding carboxylic acids is 3. The molecule has 62 heavy (non-hydrogen) atoms. The van der Waals surface area contributed by atoms with E-state index in [4.69, 9.17) is 14.2 Å². The van der Waals surface area contributed by atoms with E-state index in [1.54, 1.807) is 0 Å². The van der Waals surface area contributed by atoms with E-state index in [0.717, 1.165) is 83.5 Å². The summed E-state index contributed by atoms with van der Waals surface area (Å²) < 4.78 is 16.7. The Morgan fingerprint density at radius 3 is 1.10 bits per heavy atom. The van der Waals surface area contributed by atoms with Gasteiger partial charge in [-0.2, -0.15) is 0 Å². The Balaban J connectivity index is 4.46. The Kier molecular flexibility index (Phi) is 47.9. The van der Waals surface area contributed by atoms with Crippen molar-refractivity contribution in [2.45, 2.75) is 252 Å². The quantitative estimate of drug-likeness (QED) is 0.0262. The second kappa shape index (κ2) is 50.5. The molecule has 6 heteroatoms. The van der Waals surface area contributed by atoms with Crippen LogP contribution in [0, 0.1) is 0 Å². The monoisotopic (exact) mass is 865 g/mol. The van der Waals surface area contributed by atoms with Crippen LogP contribution in [0.15, 0.2) is 72.9 Å². The summed E-state index contributed by atoms with van der Waals surface area (Å²) >= 11 is 0. The average Bonchev–Trinajstić information content (AvgIpc) is 3.27. The highest BCUT2D eigenvalue weighted by molar-refractivity contribution is 5.71. The van der Waals surface area contributed by atoms with Crippen LogP contribution in [0.1, 0.15) is 245 Å². The maximum Gasteiger partial charge on any atom is 0.306 e. The number of allylic oxidation sites excluding steroid dienone is 12. The van der Waals surface area contributed by atoms with E-state index in [1.165, 1.54) is 116 Å². The van der Waals surface area contributed by atoms with Gasteiger partial charge in [0, 0.05) is 19.3 Å². The summed E-state index contributed by atoms with van der Waals surface area (Å²) in [5.74, 6) is -1.00. The van der Waals surface area contributed by atoms with E-state index in [2.05, 4.69) is 87.6 Å². The molecule has 0 heterocycles. The number of hydrogen-bond acceptors (Lipinski definition) is 6. The minimum atomic E-state index is -0.810. The average molecular weight is 865 g/mol. The van der Waals surface area contributed by atoms with Crippen molar-refractivity contribution in [2.75, 3.05) is 13.2 Å². The summed E-state index contributed by atoms with van der Waals surface area (Å²) in [4.78, 5) is 37.9. The largest absolute Gasteiger partial charge is 0.462 e. The van der Waals surface area contributed by atoms with Gasteiger partial charge in [0.05, 0.1) is 0 Å². The van der Waals surface area contributed by atoms with Crippen molar-refractivity contribution in [3.05, 3.63) is 72.9 Å². The molecule has 356 valence electrons. The zero-order valence-electron chi connectivity index (χ0n) is 40.6. The number of unbranched alkanes of at least 4 members (excludes halogenated alkanes) is 23. The van der Waals surface area contributed by atoms with Crippen LogP contribution < -0.4 is 0 Å². The first-order valence-corrected chi connectivity index (χ1v) is 25.9. The SMILES string of the molecule is CC/C=C\C/C=C\C/C=C\CCCCCCC(=O)OC(COC(=O)CC/C=C\C/C=C\CCCCCCCC)COC(=O)CCCCCCCCC/C=C\CCCCCCCC. The van der Waals surface area contributed by atoms with Crippen LogP contribution in [0.2, 0.25) is 0 Å². The first-order chi connectivity index (χ1) is 30.5. The van der Waals surface area contributed by atoms with Crippen molar-refractivity contribution < 1.29 is 28.6 Å². The first kappa shape index (κ1) is 58.9. The molecule has 0 saturated heterocycles. The van der Waals surface area contributed by atoms with Crippen LogP contribution in [-0.4, -0.2) is 37.2 Å². The van der Waals surface area contributed by atoms with Crippen LogP contribution in [0.3, 0.4) is 0 Å². The first-order valence-electron chi connectivity index (χ1n) is 25.9. The highest BCUT2D eigenvalue weighted by atomic mass is 16.6. The van der Waals surface area contributed by atoms with Gasteiger partial charge in [-0.3, -0.25) is 14.4 Å². The molecule has 1 atom stereocenters. The van der Waals surface area contributed by atoms with Gasteiger partial charge in [0.25, 0.3) is 0 Å². The molecule has 0 aliphatic carbocycles. The van der Waals surface area contributed by atoms with Gasteiger partial charge in [-0.25, -0.2) is 0 Å². The molecule has 0 rings (SSSR count). The summed E-state index contributed by atoms with van der Waals surface area (Å²) in [7, 11) is 0. The standard InChI is InChI=1S/C56H96O6/c1-4-7-10-13-16-19-22-25-27-28-29-32-34-37-40-43-46-49-55(58)61-52-53(51-60-54(57)48-45-42-39-36-33-30-24-21-18-15-12-9-6-3)62-56(59)50-47-44-41-38-35-31-26-23-20-17-14-11-8-5-2/h8,11,17,20,25-27,30-31,33,39,42,53H,4-7,9-10,12-16,18-19,21-24,28-29,32,34-38,40-41,43-52H2,1-3H3/b11-8-,20-17-,27-25-,31-26-,33-30-,42-39-. The molecule has 1 unspecified atom stereocenters. The lowest BCUT2D eigenvalue weighted by Crippen LogP contribution is -2.30. The van der Waals surface area contributed by atoms with E-state index < -0.39 is 6.10 Å². The number of hydrogen-bond donors (Lipinski definition) is 0. The molecule has 0 radical (unpaired) electrons. The Morgan fingerprint density at radius 1 is 0.339 bits per heavy atom. The van der Waals surface area contributed by atoms with Crippen LogP contribution in [-0.2, 0) is 28.6 Å². The van der Waals surface area contributed by atoms with Gasteiger partial charge in [0.1, 0.15) is 13.2 Å². The molecule has 0 fully saturated rings. The molecule has 0 aliphatic heterocycles. The van der Waals surface area contributed by atoms with Crippen molar-refractivity contribution in [1.29, 1.82) is 0 Å². The molecular weight excluding hydrogens is 769 g/mol. The van der Waals surface area contributed by atoms with Gasteiger partial charge >= 0.3 is 17.9 Å². The van der Waals surface area contributed by atoms with Gasteiger partial charge in [-0.05, 0) is 96.3 Å². The summed E-state index contributed by atoms with van der Waals surface area (Å²) in [6.07, 6.45) is 63.3. The van der Waals surface area contributed by atoms with Gasteiger partial charge in [0.15, 0.2) is 6.10 Å². The van der Waals surface area contributed by atoms with Crippen molar-refractivity contribution in [3.8, 4) is 0 Å². The topological polar surface area (TPSA) is 78.9 Å². The van der Waals surface area contributed by atoms with Crippen molar-refractivity contribution in [2.24, 2.45) is 0 Å². The van der Waals surface area contributed by atoms with Crippen molar-refractivity contribution in [3.63, 3.8) is 0 Å². The Labute approximate surface area is 382 Å². The normalized spacial score (nSPS) is 12.6. The third-order valence-electron chi connectivity index (χ3n) is 10.9. The van der Waals surface area contributed by atoms with E-state index in [0.29, 0.717) is 19.3 Å². The van der Waals surface area contributed by atoms with E-state index in [1.807, 2.05) is 6.08 Å². The van der Waals surface area contributed by atoms with Crippen molar-refractivity contribution >= 4 is 17.9 Å². The highest BCUT2D eigenvalue weighted by Gasteiger charge is 2.19. The predicted octanol–water partition coefficient (Wildman–Crippen LogP) is 17.0. The summed E-state index contributed by atoms with van der Waals surface area (Å²) in [6.45, 7) is 6.44. The van der Waals surface area contributed by atoms with Crippen LogP contribution in [0.5, 0.6) is 0 Å². The van der Waals surface area contributed by atoms with Crippen LogP contribution in [0.4, 0.5) is 0 Å². The molecule has 0 aromatic heterocycles. The number of carbonyl (C=O) groups is 3. The fourth-order valence-electron chi connectivity index (χ4n) is 7.03. The predicted molar refractivity (Wildman–Crippen MR) is 265 cm³/mol. The van der Waals surface area contributed by atoms with Gasteiger partial charge in [-0.1, -0.05) is 203 Å². The van der Waals surface area contributed by atoms with Crippen LogP contribution in [0.25, 0.3) is 0 Å². The number of ether oxygens (including phenoxy) is 3. The minimum absolute atomic E-state index is 0.104. The molecule has 0 aromatic rings. The van der Waals surface area contributed by atoms with Gasteiger partial charge in [0.2, 0.25) is 0 Å². The van der Waals surface area contributed by atoms with Crippen LogP contribution >= 0.6 is 0 Å². The summed E-state index contributed by atoms with van der Waals surface area (Å²) in [6, 6.07) is 0. The molecule has 0 bridgehead atoms. The van der Waals surface area contributed by atoms with E-state index in [-0.39, 0.29) is 37.5 Å². The molecule has 0 amide bonds. The minimum Gasteiger partial charge on any atom is -0.462 e. The van der Waals surface area contributed by atoms with Crippen molar-refractivity contribution in [1.82, 2.24) is 0 Å². The second-order valence-electron chi connectivity index (χ2n) is 17.0. The number of rotatable bonds is 46. The third kappa shape index (κ3) is 47.9. The molecular formula is C56H96O6. The Hall–Kier alpha value is -3.15. The third-order valence-corrected chi connectivity index (χ3v) is 10.9. The molecule has 0 spiro atoms. The second-order valence-corrected chi connectivity index (χ2v) is 17.0. The lowest BCUT2D eigenvalue weighted by atomic mass is 10.1. The molecule has 0 aromatic carbocycles. The van der Waals surface area contributed by atoms with Gasteiger partial charge < -0.3 is 14.2 Å². The van der Waals surface area contributed by atoms with E-state index >= 15 is 0 Å². The molecule has 6 nitrogen and oxygen atoms in total. The summed E-state index contributed by atoms with van der Waals surface area (Å²) in [5, 5.41) is 0. The Morgan fingerprint density at radius 2 is 0.661 bits per heavy atom. The van der Waals surface area contributed by atoms with E-state index in [9.17, 15) is 14.4 Å². The molecule has 0 N–H and O–H groups in total. The zero-order valence-corrected chi connectivity index (χ0v) is 40.6. The zero-order chi connectivity index (χ0) is 45.1. The smallest absolute Gasteiger partial charge is 0.306 e. The fourth-order valence-corrected chi connectivity index (χ4v) is 7.03.